The minimum absolute atomic E-state index is 0.194. The van der Waals surface area contributed by atoms with Crippen LogP contribution >= 0.6 is 11.8 Å². The van der Waals surface area contributed by atoms with Gasteiger partial charge >= 0.3 is 5.97 Å². The van der Waals surface area contributed by atoms with Crippen molar-refractivity contribution in [2.75, 3.05) is 25.2 Å². The Labute approximate surface area is 208 Å². The molecule has 0 radical (unpaired) electrons. The number of rotatable bonds is 15. The van der Waals surface area contributed by atoms with Crippen LogP contribution in [0.2, 0.25) is 0 Å². The van der Waals surface area contributed by atoms with E-state index in [1.54, 1.807) is 67.8 Å². The third kappa shape index (κ3) is 9.69. The van der Waals surface area contributed by atoms with Crippen LogP contribution in [0.25, 0.3) is 0 Å². The summed E-state index contributed by atoms with van der Waals surface area (Å²) in [4.78, 5) is 37.6. The number of hydrogen-bond acceptors (Lipinski definition) is 7. The monoisotopic (exact) mass is 504 g/mol. The Morgan fingerprint density at radius 2 is 1.57 bits per heavy atom. The minimum atomic E-state index is -1.61. The molecule has 0 spiro atoms. The van der Waals surface area contributed by atoms with Crippen LogP contribution in [0, 0.1) is 0 Å². The fourth-order valence-electron chi connectivity index (χ4n) is 3.23. The van der Waals surface area contributed by atoms with Crippen molar-refractivity contribution >= 4 is 29.5 Å². The first-order chi connectivity index (χ1) is 16.8. The van der Waals surface area contributed by atoms with Gasteiger partial charge in [0.25, 0.3) is 5.91 Å². The summed E-state index contributed by atoms with van der Waals surface area (Å²) in [7, 11) is 1.55. The van der Waals surface area contributed by atoms with E-state index >= 15 is 0 Å². The second-order valence-electron chi connectivity index (χ2n) is 7.87. The molecule has 0 saturated heterocycles. The quantitative estimate of drug-likeness (QED) is 0.230. The first-order valence-corrected chi connectivity index (χ1v) is 12.4. The molecular weight excluding hydrogens is 472 g/mol. The van der Waals surface area contributed by atoms with Gasteiger partial charge in [0.1, 0.15) is 12.1 Å². The molecule has 0 saturated carbocycles. The molecule has 4 atom stereocenters. The van der Waals surface area contributed by atoms with Gasteiger partial charge in [-0.25, -0.2) is 4.79 Å². The largest absolute Gasteiger partial charge is 0.480 e. The third-order valence-corrected chi connectivity index (χ3v) is 6.34. The van der Waals surface area contributed by atoms with Crippen LogP contribution in [-0.4, -0.2) is 76.5 Å². The zero-order chi connectivity index (χ0) is 25.6. The maximum atomic E-state index is 13.1. The molecule has 0 aromatic heterocycles. The number of benzene rings is 2. The van der Waals surface area contributed by atoms with Crippen molar-refractivity contribution < 1.29 is 34.4 Å². The van der Waals surface area contributed by atoms with Gasteiger partial charge in [0.05, 0.1) is 6.10 Å². The summed E-state index contributed by atoms with van der Waals surface area (Å²) in [6, 6.07) is 13.9. The lowest BCUT2D eigenvalue weighted by Crippen LogP contribution is -2.53. The number of thioether (sulfide) groups is 1. The van der Waals surface area contributed by atoms with E-state index in [4.69, 9.17) is 4.74 Å². The van der Waals surface area contributed by atoms with E-state index in [-0.39, 0.29) is 6.42 Å². The molecule has 5 N–H and O–H groups in total. The Bertz CT molecular complexity index is 930. The van der Waals surface area contributed by atoms with Crippen LogP contribution in [0.4, 0.5) is 0 Å². The van der Waals surface area contributed by atoms with E-state index in [0.717, 1.165) is 0 Å². The zero-order valence-corrected chi connectivity index (χ0v) is 20.3. The van der Waals surface area contributed by atoms with E-state index < -0.39 is 42.1 Å². The van der Waals surface area contributed by atoms with Crippen LogP contribution in [0.5, 0.6) is 0 Å². The zero-order valence-electron chi connectivity index (χ0n) is 19.5. The molecular formula is C25H32N2O7S. The average molecular weight is 505 g/mol. The first-order valence-electron chi connectivity index (χ1n) is 11.2. The van der Waals surface area contributed by atoms with Crippen LogP contribution in [-0.2, 0) is 14.3 Å². The van der Waals surface area contributed by atoms with Crippen LogP contribution in [0.15, 0.2) is 60.7 Å². The molecule has 0 aliphatic heterocycles. The van der Waals surface area contributed by atoms with Crippen LogP contribution in [0.1, 0.15) is 34.9 Å². The number of amides is 2. The van der Waals surface area contributed by atoms with Crippen LogP contribution in [0.3, 0.4) is 0 Å². The Morgan fingerprint density at radius 1 is 0.943 bits per heavy atom. The highest BCUT2D eigenvalue weighted by Gasteiger charge is 2.32. The Morgan fingerprint density at radius 3 is 2.17 bits per heavy atom. The number of aliphatic hydroxyl groups is 2. The smallest absolute Gasteiger partial charge is 0.329 e. The summed E-state index contributed by atoms with van der Waals surface area (Å²) in [5.74, 6) is -1.76. The van der Waals surface area contributed by atoms with E-state index in [1.165, 1.54) is 11.8 Å². The number of nitrogens with one attached hydrogen (secondary N) is 2. The minimum Gasteiger partial charge on any atom is -0.480 e. The maximum Gasteiger partial charge on any atom is 0.329 e. The Hall–Kier alpha value is -2.92. The number of carboxylic acid groups (broad SMARTS) is 1. The normalized spacial score (nSPS) is 14.4. The van der Waals surface area contributed by atoms with Crippen molar-refractivity contribution in [1.29, 1.82) is 0 Å². The fraction of sp³-hybridized carbons (Fsp3) is 0.400. The van der Waals surface area contributed by atoms with Gasteiger partial charge in [-0.3, -0.25) is 9.59 Å². The summed E-state index contributed by atoms with van der Waals surface area (Å²) < 4.78 is 4.94. The van der Waals surface area contributed by atoms with E-state index in [0.29, 0.717) is 35.7 Å². The molecule has 4 unspecified atom stereocenters. The highest BCUT2D eigenvalue weighted by molar-refractivity contribution is 7.99. The summed E-state index contributed by atoms with van der Waals surface area (Å²) >= 11 is 1.41. The molecule has 2 aromatic carbocycles. The van der Waals surface area contributed by atoms with Crippen molar-refractivity contribution in [2.45, 2.75) is 37.1 Å². The average Bonchev–Trinajstić information content (AvgIpc) is 2.87. The van der Waals surface area contributed by atoms with Crippen molar-refractivity contribution in [3.05, 3.63) is 71.8 Å². The van der Waals surface area contributed by atoms with Gasteiger partial charge < -0.3 is 30.7 Å². The summed E-state index contributed by atoms with van der Waals surface area (Å²) in [5, 5.41) is 35.2. The standard InChI is InChI=1S/C25H32N2O7S/c1-34-14-12-19(28)16-35-15-13-20(26-23(30)18-10-6-3-7-11-18)24(31)27-21(25(32)33)22(29)17-8-4-2-5-9-17/h2-11,19-22,28-29H,12-16H2,1H3,(H,26,30)(H,27,31)(H,32,33). The van der Waals surface area contributed by atoms with Crippen LogP contribution < -0.4 is 10.6 Å². The molecule has 2 aromatic rings. The number of carbonyl (C=O) groups excluding carboxylic acids is 2. The van der Waals surface area contributed by atoms with E-state index in [9.17, 15) is 29.7 Å². The molecule has 0 heterocycles. The van der Waals surface area contributed by atoms with Crippen molar-refractivity contribution in [3.63, 3.8) is 0 Å². The number of carboxylic acids is 1. The van der Waals surface area contributed by atoms with Crippen molar-refractivity contribution in [3.8, 4) is 0 Å². The van der Waals surface area contributed by atoms with E-state index in [1.807, 2.05) is 0 Å². The molecule has 0 fully saturated rings. The maximum absolute atomic E-state index is 13.1. The van der Waals surface area contributed by atoms with Gasteiger partial charge in [-0.2, -0.15) is 11.8 Å². The summed E-state index contributed by atoms with van der Waals surface area (Å²) in [6.45, 7) is 0.431. The highest BCUT2D eigenvalue weighted by Crippen LogP contribution is 2.17. The molecule has 10 heteroatoms. The van der Waals surface area contributed by atoms with Gasteiger partial charge in [-0.1, -0.05) is 48.5 Å². The van der Waals surface area contributed by atoms with Crippen molar-refractivity contribution in [1.82, 2.24) is 10.6 Å². The number of methoxy groups -OCH3 is 1. The van der Waals surface area contributed by atoms with Gasteiger partial charge in [0.2, 0.25) is 5.91 Å². The number of carbonyl (C=O) groups is 3. The fourth-order valence-corrected chi connectivity index (χ4v) is 4.24. The molecule has 190 valence electrons. The lowest BCUT2D eigenvalue weighted by Gasteiger charge is -2.24. The highest BCUT2D eigenvalue weighted by atomic mass is 32.2. The SMILES string of the molecule is COCCC(O)CSCCC(NC(=O)c1ccccc1)C(=O)NC(C(=O)O)C(O)c1ccccc1. The second-order valence-corrected chi connectivity index (χ2v) is 9.02. The topological polar surface area (TPSA) is 145 Å². The predicted molar refractivity (Wildman–Crippen MR) is 133 cm³/mol. The van der Waals surface area contributed by atoms with Gasteiger partial charge in [0, 0.05) is 25.0 Å². The summed E-state index contributed by atoms with van der Waals surface area (Å²) in [6.07, 6.45) is -1.37. The first kappa shape index (κ1) is 28.3. The molecule has 2 amide bonds. The third-order valence-electron chi connectivity index (χ3n) is 5.19. The summed E-state index contributed by atoms with van der Waals surface area (Å²) in [5.41, 5.74) is 0.692. The van der Waals surface area contributed by atoms with Gasteiger partial charge in [-0.15, -0.1) is 0 Å². The molecule has 35 heavy (non-hydrogen) atoms. The molecule has 2 rings (SSSR count). The lowest BCUT2D eigenvalue weighted by molar-refractivity contribution is -0.145. The Balaban J connectivity index is 2.08. The number of aliphatic carboxylic acids is 1. The molecule has 9 nitrogen and oxygen atoms in total. The Kier molecular flexibility index (Phi) is 12.3. The molecule has 0 aliphatic carbocycles. The predicted octanol–water partition coefficient (Wildman–Crippen LogP) is 1.61. The second kappa shape index (κ2) is 15.2. The molecule has 0 bridgehead atoms. The number of aliphatic hydroxyl groups excluding tert-OH is 2. The van der Waals surface area contributed by atoms with E-state index in [2.05, 4.69) is 10.6 Å². The molecule has 0 aliphatic rings. The van der Waals surface area contributed by atoms with Gasteiger partial charge in [-0.05, 0) is 36.3 Å². The number of hydrogen-bond donors (Lipinski definition) is 5. The lowest BCUT2D eigenvalue weighted by atomic mass is 10.0. The van der Waals surface area contributed by atoms with Crippen molar-refractivity contribution in [2.24, 2.45) is 0 Å². The van der Waals surface area contributed by atoms with Gasteiger partial charge in [0.15, 0.2) is 6.04 Å². The number of ether oxygens (including phenoxy) is 1.